The summed E-state index contributed by atoms with van der Waals surface area (Å²) in [6, 6.07) is 1.98. The van der Waals surface area contributed by atoms with Crippen LogP contribution in [0.15, 0.2) is 6.07 Å². The van der Waals surface area contributed by atoms with Gasteiger partial charge in [0.05, 0.1) is 6.10 Å². The van der Waals surface area contributed by atoms with E-state index in [1.165, 1.54) is 0 Å². The first-order valence-corrected chi connectivity index (χ1v) is 6.59. The average Bonchev–Trinajstić information content (AvgIpc) is 2.47. The Morgan fingerprint density at radius 1 is 1.32 bits per heavy atom. The maximum atomic E-state index is 5.39. The van der Waals surface area contributed by atoms with Crippen molar-refractivity contribution in [1.29, 1.82) is 0 Å². The molecular weight excluding hydrogens is 244 g/mol. The molecule has 1 aliphatic heterocycles. The van der Waals surface area contributed by atoms with Gasteiger partial charge in [-0.1, -0.05) is 0 Å². The highest BCUT2D eigenvalue weighted by atomic mass is 16.5. The van der Waals surface area contributed by atoms with Crippen LogP contribution >= 0.6 is 0 Å². The first-order valence-electron chi connectivity index (χ1n) is 6.59. The number of nitrogens with one attached hydrogen (secondary N) is 1. The molecule has 0 radical (unpaired) electrons. The number of ether oxygens (including phenoxy) is 2. The summed E-state index contributed by atoms with van der Waals surface area (Å²) in [6.07, 6.45) is 2.45. The summed E-state index contributed by atoms with van der Waals surface area (Å²) < 4.78 is 10.5. The third kappa shape index (κ3) is 3.54. The van der Waals surface area contributed by atoms with Crippen molar-refractivity contribution in [3.63, 3.8) is 0 Å². The van der Waals surface area contributed by atoms with Crippen LogP contribution in [0.1, 0.15) is 18.7 Å². The third-order valence-corrected chi connectivity index (χ3v) is 3.39. The fourth-order valence-electron chi connectivity index (χ4n) is 2.29. The summed E-state index contributed by atoms with van der Waals surface area (Å²) in [5.41, 5.74) is 0. The highest BCUT2D eigenvalue weighted by Gasteiger charge is 2.20. The summed E-state index contributed by atoms with van der Waals surface area (Å²) in [5.74, 6) is 2.49. The molecule has 6 nitrogen and oxygen atoms in total. The Morgan fingerprint density at radius 2 is 2.05 bits per heavy atom. The monoisotopic (exact) mass is 266 g/mol. The predicted octanol–water partition coefficient (Wildman–Crippen LogP) is 1.28. The summed E-state index contributed by atoms with van der Waals surface area (Å²) >= 11 is 0. The van der Waals surface area contributed by atoms with Crippen LogP contribution in [0.5, 0.6) is 0 Å². The minimum absolute atomic E-state index is 0.375. The van der Waals surface area contributed by atoms with Gasteiger partial charge in [0.15, 0.2) is 5.82 Å². The highest BCUT2D eigenvalue weighted by Crippen LogP contribution is 2.21. The van der Waals surface area contributed by atoms with Crippen molar-refractivity contribution in [3.05, 3.63) is 11.9 Å². The Labute approximate surface area is 114 Å². The Hall–Kier alpha value is -1.40. The van der Waals surface area contributed by atoms with Crippen molar-refractivity contribution in [3.8, 4) is 0 Å². The molecule has 1 aromatic heterocycles. The number of aromatic nitrogens is 2. The lowest BCUT2D eigenvalue weighted by Crippen LogP contribution is -2.37. The molecule has 0 unspecified atom stereocenters. The van der Waals surface area contributed by atoms with E-state index in [0.717, 1.165) is 37.6 Å². The smallest absolute Gasteiger partial charge is 0.158 e. The number of hydrogen-bond acceptors (Lipinski definition) is 6. The van der Waals surface area contributed by atoms with Crippen molar-refractivity contribution in [2.24, 2.45) is 0 Å². The third-order valence-electron chi connectivity index (χ3n) is 3.39. The first-order chi connectivity index (χ1) is 9.26. The van der Waals surface area contributed by atoms with Gasteiger partial charge in [0.1, 0.15) is 18.2 Å². The van der Waals surface area contributed by atoms with Crippen LogP contribution in [-0.4, -0.2) is 50.4 Å². The molecule has 2 rings (SSSR count). The van der Waals surface area contributed by atoms with E-state index in [1.807, 2.05) is 13.1 Å². The molecule has 0 bridgehead atoms. The van der Waals surface area contributed by atoms with Gasteiger partial charge in [0, 0.05) is 40.4 Å². The molecule has 19 heavy (non-hydrogen) atoms. The van der Waals surface area contributed by atoms with Crippen molar-refractivity contribution in [2.75, 3.05) is 44.6 Å². The van der Waals surface area contributed by atoms with Gasteiger partial charge in [0.2, 0.25) is 0 Å². The second-order valence-electron chi connectivity index (χ2n) is 4.63. The van der Waals surface area contributed by atoms with Crippen LogP contribution in [0.25, 0.3) is 0 Å². The van der Waals surface area contributed by atoms with Crippen LogP contribution in [0.4, 0.5) is 11.6 Å². The zero-order valence-corrected chi connectivity index (χ0v) is 11.8. The molecule has 1 aromatic rings. The molecule has 1 aliphatic rings. The van der Waals surface area contributed by atoms with E-state index in [4.69, 9.17) is 9.47 Å². The molecule has 2 heterocycles. The van der Waals surface area contributed by atoms with Crippen LogP contribution in [0, 0.1) is 0 Å². The fourth-order valence-corrected chi connectivity index (χ4v) is 2.29. The summed E-state index contributed by atoms with van der Waals surface area (Å²) in [5, 5.41) is 3.07. The number of anilines is 2. The van der Waals surface area contributed by atoms with Gasteiger partial charge in [-0.15, -0.1) is 0 Å². The van der Waals surface area contributed by atoms with Crippen molar-refractivity contribution >= 4 is 11.6 Å². The number of nitrogens with zero attached hydrogens (tertiary/aromatic N) is 3. The highest BCUT2D eigenvalue weighted by molar-refractivity contribution is 5.49. The van der Waals surface area contributed by atoms with Crippen LogP contribution in [0.3, 0.4) is 0 Å². The topological polar surface area (TPSA) is 59.5 Å². The van der Waals surface area contributed by atoms with Gasteiger partial charge >= 0.3 is 0 Å². The number of piperidine rings is 1. The molecule has 1 fully saturated rings. The van der Waals surface area contributed by atoms with E-state index in [2.05, 4.69) is 20.2 Å². The molecule has 0 aliphatic carbocycles. The quantitative estimate of drug-likeness (QED) is 0.866. The molecule has 0 aromatic carbocycles. The van der Waals surface area contributed by atoms with E-state index in [9.17, 15) is 0 Å². The van der Waals surface area contributed by atoms with E-state index in [1.54, 1.807) is 14.2 Å². The molecule has 0 saturated carbocycles. The minimum Gasteiger partial charge on any atom is -0.381 e. The Bertz CT molecular complexity index is 406. The molecule has 0 amide bonds. The lowest BCUT2D eigenvalue weighted by molar-refractivity contribution is 0.0817. The fraction of sp³-hybridized carbons (Fsp3) is 0.692. The van der Waals surface area contributed by atoms with E-state index in [0.29, 0.717) is 18.5 Å². The normalized spacial score (nSPS) is 16.7. The van der Waals surface area contributed by atoms with Crippen LogP contribution in [-0.2, 0) is 16.1 Å². The molecule has 106 valence electrons. The van der Waals surface area contributed by atoms with Crippen molar-refractivity contribution in [1.82, 2.24) is 9.97 Å². The molecule has 0 spiro atoms. The van der Waals surface area contributed by atoms with E-state index in [-0.39, 0.29) is 0 Å². The Kier molecular flexibility index (Phi) is 4.93. The number of hydrogen-bond donors (Lipinski definition) is 1. The van der Waals surface area contributed by atoms with Gasteiger partial charge in [-0.25, -0.2) is 9.97 Å². The summed E-state index contributed by atoms with van der Waals surface area (Å²) in [6.45, 7) is 2.35. The van der Waals surface area contributed by atoms with Gasteiger partial charge in [-0.2, -0.15) is 0 Å². The zero-order chi connectivity index (χ0) is 13.7. The maximum absolute atomic E-state index is 5.39. The van der Waals surface area contributed by atoms with Gasteiger partial charge in [-0.05, 0) is 12.8 Å². The summed E-state index contributed by atoms with van der Waals surface area (Å²) in [4.78, 5) is 11.2. The SMILES string of the molecule is CNc1cc(N2CCC(OC)CC2)nc(COC)n1. The van der Waals surface area contributed by atoms with Gasteiger partial charge in [0.25, 0.3) is 0 Å². The number of rotatable bonds is 5. The van der Waals surface area contributed by atoms with Gasteiger partial charge in [-0.3, -0.25) is 0 Å². The first kappa shape index (κ1) is 14.0. The summed E-state index contributed by atoms with van der Waals surface area (Å²) in [7, 11) is 5.29. The van der Waals surface area contributed by atoms with Crippen molar-refractivity contribution in [2.45, 2.75) is 25.6 Å². The Balaban J connectivity index is 2.12. The standard InChI is InChI=1S/C13H22N4O2/c1-14-11-8-13(16-12(15-11)9-18-2)17-6-4-10(19-3)5-7-17/h8,10H,4-7,9H2,1-3H3,(H,14,15,16). The molecule has 0 atom stereocenters. The van der Waals surface area contributed by atoms with Crippen LogP contribution < -0.4 is 10.2 Å². The second kappa shape index (κ2) is 6.68. The lowest BCUT2D eigenvalue weighted by Gasteiger charge is -2.32. The average molecular weight is 266 g/mol. The lowest BCUT2D eigenvalue weighted by atomic mass is 10.1. The van der Waals surface area contributed by atoms with E-state index >= 15 is 0 Å². The van der Waals surface area contributed by atoms with E-state index < -0.39 is 0 Å². The zero-order valence-electron chi connectivity index (χ0n) is 11.8. The number of methoxy groups -OCH3 is 2. The molecular formula is C13H22N4O2. The molecule has 1 N–H and O–H groups in total. The largest absolute Gasteiger partial charge is 0.381 e. The predicted molar refractivity (Wildman–Crippen MR) is 74.5 cm³/mol. The molecule has 6 heteroatoms. The maximum Gasteiger partial charge on any atom is 0.158 e. The minimum atomic E-state index is 0.375. The van der Waals surface area contributed by atoms with Crippen molar-refractivity contribution < 1.29 is 9.47 Å². The Morgan fingerprint density at radius 3 is 2.63 bits per heavy atom. The van der Waals surface area contributed by atoms with Gasteiger partial charge < -0.3 is 19.7 Å². The second-order valence-corrected chi connectivity index (χ2v) is 4.63. The van der Waals surface area contributed by atoms with Crippen LogP contribution in [0.2, 0.25) is 0 Å². The molecule has 1 saturated heterocycles.